The Morgan fingerprint density at radius 3 is 2.11 bits per heavy atom. The fourth-order valence-electron chi connectivity index (χ4n) is 1.42. The SMILES string of the molecule is CC(C)(C)C(NS(=O)(=O)c1ccccc1)C(=O)O. The number of benzene rings is 1. The Balaban J connectivity index is 3.06. The number of carboxylic acid groups (broad SMARTS) is 1. The van der Waals surface area contributed by atoms with Crippen molar-refractivity contribution >= 4 is 16.0 Å². The van der Waals surface area contributed by atoms with Gasteiger partial charge in [0, 0.05) is 0 Å². The molecule has 1 atom stereocenters. The zero-order chi connectivity index (χ0) is 14.0. The maximum Gasteiger partial charge on any atom is 0.322 e. The molecule has 100 valence electrons. The number of carbonyl (C=O) groups is 1. The van der Waals surface area contributed by atoms with Gasteiger partial charge in [-0.1, -0.05) is 39.0 Å². The van der Waals surface area contributed by atoms with Crippen LogP contribution in [0.1, 0.15) is 20.8 Å². The lowest BCUT2D eigenvalue weighted by atomic mass is 9.88. The molecule has 0 bridgehead atoms. The number of hydrogen-bond donors (Lipinski definition) is 2. The van der Waals surface area contributed by atoms with Crippen molar-refractivity contribution in [3.8, 4) is 0 Å². The highest BCUT2D eigenvalue weighted by Gasteiger charge is 2.35. The molecule has 0 aliphatic heterocycles. The Kier molecular flexibility index (Phi) is 4.13. The summed E-state index contributed by atoms with van der Waals surface area (Å²) in [6, 6.07) is 6.52. The fourth-order valence-corrected chi connectivity index (χ4v) is 2.84. The average molecular weight is 271 g/mol. The second-order valence-electron chi connectivity index (χ2n) is 5.07. The van der Waals surface area contributed by atoms with Gasteiger partial charge in [-0.2, -0.15) is 4.72 Å². The summed E-state index contributed by atoms with van der Waals surface area (Å²) in [7, 11) is -3.82. The van der Waals surface area contributed by atoms with E-state index >= 15 is 0 Å². The Labute approximate surface area is 107 Å². The van der Waals surface area contributed by atoms with Gasteiger partial charge in [0.05, 0.1) is 4.90 Å². The van der Waals surface area contributed by atoms with Crippen LogP contribution in [0.5, 0.6) is 0 Å². The first-order chi connectivity index (χ1) is 8.14. The third kappa shape index (κ3) is 3.54. The summed E-state index contributed by atoms with van der Waals surface area (Å²) in [5.74, 6) is -1.19. The second-order valence-corrected chi connectivity index (χ2v) is 6.79. The van der Waals surface area contributed by atoms with Crippen LogP contribution in [-0.4, -0.2) is 25.5 Å². The molecule has 6 heteroatoms. The summed E-state index contributed by atoms with van der Waals surface area (Å²) >= 11 is 0. The number of carboxylic acids is 1. The summed E-state index contributed by atoms with van der Waals surface area (Å²) in [4.78, 5) is 11.2. The molecule has 2 N–H and O–H groups in total. The molecule has 1 aromatic rings. The highest BCUT2D eigenvalue weighted by molar-refractivity contribution is 7.89. The van der Waals surface area contributed by atoms with Crippen LogP contribution in [-0.2, 0) is 14.8 Å². The normalized spacial score (nSPS) is 14.2. The molecular weight excluding hydrogens is 254 g/mol. The van der Waals surface area contributed by atoms with Gasteiger partial charge in [0.25, 0.3) is 0 Å². The van der Waals surface area contributed by atoms with E-state index in [1.54, 1.807) is 39.0 Å². The van der Waals surface area contributed by atoms with Crippen molar-refractivity contribution < 1.29 is 18.3 Å². The van der Waals surface area contributed by atoms with E-state index in [1.165, 1.54) is 12.1 Å². The molecule has 1 rings (SSSR count). The van der Waals surface area contributed by atoms with Crippen LogP contribution in [0, 0.1) is 5.41 Å². The van der Waals surface area contributed by atoms with Crippen LogP contribution in [0.15, 0.2) is 35.2 Å². The van der Waals surface area contributed by atoms with E-state index in [0.717, 1.165) is 0 Å². The number of nitrogens with one attached hydrogen (secondary N) is 1. The van der Waals surface area contributed by atoms with Crippen LogP contribution >= 0.6 is 0 Å². The van der Waals surface area contributed by atoms with E-state index in [9.17, 15) is 13.2 Å². The molecule has 1 aromatic carbocycles. The standard InChI is InChI=1S/C12H17NO4S/c1-12(2,3)10(11(14)15)13-18(16,17)9-7-5-4-6-8-9/h4-8,10,13H,1-3H3,(H,14,15). The van der Waals surface area contributed by atoms with E-state index in [-0.39, 0.29) is 4.90 Å². The van der Waals surface area contributed by atoms with Crippen LogP contribution in [0.25, 0.3) is 0 Å². The van der Waals surface area contributed by atoms with Crippen molar-refractivity contribution in [1.82, 2.24) is 4.72 Å². The molecule has 1 unspecified atom stereocenters. The molecular formula is C12H17NO4S. The first-order valence-electron chi connectivity index (χ1n) is 5.45. The third-order valence-corrected chi connectivity index (χ3v) is 3.88. The minimum atomic E-state index is -3.82. The lowest BCUT2D eigenvalue weighted by Gasteiger charge is -2.27. The molecule has 0 radical (unpaired) electrons. The molecule has 5 nitrogen and oxygen atoms in total. The number of rotatable bonds is 4. The average Bonchev–Trinajstić information content (AvgIpc) is 2.25. The lowest BCUT2D eigenvalue weighted by Crippen LogP contribution is -2.48. The lowest BCUT2D eigenvalue weighted by molar-refractivity contribution is -0.141. The summed E-state index contributed by atoms with van der Waals surface area (Å²) in [5, 5.41) is 9.09. The van der Waals surface area contributed by atoms with Crippen molar-refractivity contribution in [1.29, 1.82) is 0 Å². The maximum atomic E-state index is 12.0. The summed E-state index contributed by atoms with van der Waals surface area (Å²) in [5.41, 5.74) is -0.715. The van der Waals surface area contributed by atoms with Gasteiger partial charge >= 0.3 is 5.97 Å². The van der Waals surface area contributed by atoms with Gasteiger partial charge in [-0.15, -0.1) is 0 Å². The van der Waals surface area contributed by atoms with Gasteiger partial charge in [0.1, 0.15) is 6.04 Å². The molecule has 0 spiro atoms. The topological polar surface area (TPSA) is 83.5 Å². The Morgan fingerprint density at radius 1 is 1.22 bits per heavy atom. The molecule has 0 aliphatic carbocycles. The minimum absolute atomic E-state index is 0.0560. The van der Waals surface area contributed by atoms with Crippen molar-refractivity contribution in [3.63, 3.8) is 0 Å². The second kappa shape index (κ2) is 5.07. The Hall–Kier alpha value is -1.40. The number of aliphatic carboxylic acids is 1. The third-order valence-electron chi connectivity index (χ3n) is 2.44. The van der Waals surface area contributed by atoms with Gasteiger partial charge in [-0.05, 0) is 17.5 Å². The van der Waals surface area contributed by atoms with E-state index in [1.807, 2.05) is 0 Å². The maximum absolute atomic E-state index is 12.0. The van der Waals surface area contributed by atoms with Gasteiger partial charge in [0.15, 0.2) is 0 Å². The highest BCUT2D eigenvalue weighted by atomic mass is 32.2. The minimum Gasteiger partial charge on any atom is -0.480 e. The molecule has 0 saturated heterocycles. The van der Waals surface area contributed by atoms with Gasteiger partial charge in [-0.25, -0.2) is 8.42 Å². The summed E-state index contributed by atoms with van der Waals surface area (Å²) < 4.78 is 26.3. The van der Waals surface area contributed by atoms with Gasteiger partial charge < -0.3 is 5.11 Å². The van der Waals surface area contributed by atoms with Crippen molar-refractivity contribution in [2.75, 3.05) is 0 Å². The van der Waals surface area contributed by atoms with E-state index < -0.39 is 27.4 Å². The van der Waals surface area contributed by atoms with E-state index in [0.29, 0.717) is 0 Å². The highest BCUT2D eigenvalue weighted by Crippen LogP contribution is 2.21. The van der Waals surface area contributed by atoms with Crippen LogP contribution in [0.2, 0.25) is 0 Å². The van der Waals surface area contributed by atoms with Crippen molar-refractivity contribution in [2.24, 2.45) is 5.41 Å². The van der Waals surface area contributed by atoms with Crippen LogP contribution < -0.4 is 4.72 Å². The summed E-state index contributed by atoms with van der Waals surface area (Å²) in [6.07, 6.45) is 0. The predicted octanol–water partition coefficient (Wildman–Crippen LogP) is 1.46. The molecule has 0 fully saturated rings. The zero-order valence-corrected chi connectivity index (χ0v) is 11.4. The molecule has 0 heterocycles. The molecule has 0 amide bonds. The molecule has 0 saturated carbocycles. The van der Waals surface area contributed by atoms with Crippen molar-refractivity contribution in [2.45, 2.75) is 31.7 Å². The summed E-state index contributed by atoms with van der Waals surface area (Å²) in [6.45, 7) is 5.00. The van der Waals surface area contributed by atoms with Crippen molar-refractivity contribution in [3.05, 3.63) is 30.3 Å². The quantitative estimate of drug-likeness (QED) is 0.868. The fraction of sp³-hybridized carbons (Fsp3) is 0.417. The predicted molar refractivity (Wildman–Crippen MR) is 67.6 cm³/mol. The first-order valence-corrected chi connectivity index (χ1v) is 6.93. The smallest absolute Gasteiger partial charge is 0.322 e. The van der Waals surface area contributed by atoms with Gasteiger partial charge in [-0.3, -0.25) is 4.79 Å². The molecule has 18 heavy (non-hydrogen) atoms. The molecule has 0 aliphatic rings. The van der Waals surface area contributed by atoms with Gasteiger partial charge in [0.2, 0.25) is 10.0 Å². The first kappa shape index (κ1) is 14.7. The number of hydrogen-bond acceptors (Lipinski definition) is 3. The largest absolute Gasteiger partial charge is 0.480 e. The van der Waals surface area contributed by atoms with E-state index in [4.69, 9.17) is 5.11 Å². The zero-order valence-electron chi connectivity index (χ0n) is 10.5. The molecule has 0 aromatic heterocycles. The van der Waals surface area contributed by atoms with Crippen LogP contribution in [0.3, 0.4) is 0 Å². The van der Waals surface area contributed by atoms with E-state index in [2.05, 4.69) is 4.72 Å². The Bertz CT molecular complexity index is 517. The monoisotopic (exact) mass is 271 g/mol. The Morgan fingerprint density at radius 2 is 1.72 bits per heavy atom. The number of sulfonamides is 1. The van der Waals surface area contributed by atoms with Crippen LogP contribution in [0.4, 0.5) is 0 Å².